The van der Waals surface area contributed by atoms with E-state index < -0.39 is 0 Å². The van der Waals surface area contributed by atoms with Crippen LogP contribution in [0.25, 0.3) is 0 Å². The lowest BCUT2D eigenvalue weighted by Gasteiger charge is -2.11. The smallest absolute Gasteiger partial charge is 0.191 e. The summed E-state index contributed by atoms with van der Waals surface area (Å²) >= 11 is 0. The summed E-state index contributed by atoms with van der Waals surface area (Å²) in [6, 6.07) is 9.83. The molecule has 5 heteroatoms. The molecule has 0 radical (unpaired) electrons. The zero-order valence-electron chi connectivity index (χ0n) is 11.7. The molecule has 1 aromatic rings. The molecule has 0 heterocycles. The third-order valence-corrected chi connectivity index (χ3v) is 2.45. The molecule has 0 fully saturated rings. The molecule has 0 bridgehead atoms. The highest BCUT2D eigenvalue weighted by molar-refractivity contribution is 5.79. The fraction of sp³-hybridized carbons (Fsp3) is 0.500. The van der Waals surface area contributed by atoms with Crippen LogP contribution in [0.3, 0.4) is 0 Å². The van der Waals surface area contributed by atoms with Gasteiger partial charge < -0.3 is 20.1 Å². The Balaban J connectivity index is 2.06. The van der Waals surface area contributed by atoms with Gasteiger partial charge in [-0.05, 0) is 18.6 Å². The molecule has 0 saturated carbocycles. The summed E-state index contributed by atoms with van der Waals surface area (Å²) in [4.78, 5) is 4.11. The normalized spacial score (nSPS) is 11.2. The van der Waals surface area contributed by atoms with Crippen molar-refractivity contribution in [3.63, 3.8) is 0 Å². The molecule has 19 heavy (non-hydrogen) atoms. The summed E-state index contributed by atoms with van der Waals surface area (Å²) in [6.07, 6.45) is 0.917. The summed E-state index contributed by atoms with van der Waals surface area (Å²) in [7, 11) is 3.43. The maximum absolute atomic E-state index is 5.60. The van der Waals surface area contributed by atoms with E-state index in [1.807, 2.05) is 30.3 Å². The average Bonchev–Trinajstić information content (AvgIpc) is 2.46. The minimum Gasteiger partial charge on any atom is -0.494 e. The minimum absolute atomic E-state index is 0.665. The standard InChI is InChI=1S/C14H23N3O2/c1-15-14(17-10-12-18-2)16-9-6-11-19-13-7-4-3-5-8-13/h3-5,7-8H,6,9-12H2,1-2H3,(H2,15,16,17). The van der Waals surface area contributed by atoms with E-state index in [9.17, 15) is 0 Å². The van der Waals surface area contributed by atoms with Gasteiger partial charge in [0.05, 0.1) is 13.2 Å². The van der Waals surface area contributed by atoms with Gasteiger partial charge in [-0.25, -0.2) is 0 Å². The first-order valence-electron chi connectivity index (χ1n) is 6.48. The van der Waals surface area contributed by atoms with Crippen LogP contribution in [-0.2, 0) is 4.74 Å². The lowest BCUT2D eigenvalue weighted by molar-refractivity contribution is 0.203. The van der Waals surface area contributed by atoms with Crippen molar-refractivity contribution in [3.8, 4) is 5.75 Å². The summed E-state index contributed by atoms with van der Waals surface area (Å²) < 4.78 is 10.6. The Labute approximate surface area is 115 Å². The zero-order chi connectivity index (χ0) is 13.8. The summed E-state index contributed by atoms with van der Waals surface area (Å²) in [5, 5.41) is 6.37. The number of nitrogens with zero attached hydrogens (tertiary/aromatic N) is 1. The van der Waals surface area contributed by atoms with Gasteiger partial charge in [0.2, 0.25) is 0 Å². The lowest BCUT2D eigenvalue weighted by Crippen LogP contribution is -2.39. The van der Waals surface area contributed by atoms with Crippen LogP contribution in [0.4, 0.5) is 0 Å². The van der Waals surface area contributed by atoms with Crippen molar-refractivity contribution >= 4 is 5.96 Å². The highest BCUT2D eigenvalue weighted by Gasteiger charge is 1.96. The zero-order valence-corrected chi connectivity index (χ0v) is 11.7. The number of rotatable bonds is 8. The summed E-state index contributed by atoms with van der Waals surface area (Å²) in [5.74, 6) is 1.70. The molecule has 0 amide bonds. The number of para-hydroxylation sites is 1. The first-order chi connectivity index (χ1) is 9.36. The monoisotopic (exact) mass is 265 g/mol. The number of guanidine groups is 1. The van der Waals surface area contributed by atoms with E-state index in [0.717, 1.165) is 31.2 Å². The first-order valence-corrected chi connectivity index (χ1v) is 6.48. The van der Waals surface area contributed by atoms with Crippen LogP contribution >= 0.6 is 0 Å². The largest absolute Gasteiger partial charge is 0.494 e. The number of hydrogen-bond donors (Lipinski definition) is 2. The van der Waals surface area contributed by atoms with Crippen LogP contribution in [-0.4, -0.2) is 46.4 Å². The van der Waals surface area contributed by atoms with Crippen molar-refractivity contribution in [1.29, 1.82) is 0 Å². The van der Waals surface area contributed by atoms with E-state index in [2.05, 4.69) is 15.6 Å². The van der Waals surface area contributed by atoms with E-state index in [0.29, 0.717) is 13.2 Å². The Morgan fingerprint density at radius 3 is 2.53 bits per heavy atom. The highest BCUT2D eigenvalue weighted by atomic mass is 16.5. The van der Waals surface area contributed by atoms with Crippen LogP contribution in [0.1, 0.15) is 6.42 Å². The molecule has 5 nitrogen and oxygen atoms in total. The van der Waals surface area contributed by atoms with Crippen LogP contribution in [0.2, 0.25) is 0 Å². The van der Waals surface area contributed by atoms with Gasteiger partial charge in [0.25, 0.3) is 0 Å². The maximum atomic E-state index is 5.60. The fourth-order valence-corrected chi connectivity index (χ4v) is 1.48. The number of methoxy groups -OCH3 is 1. The van der Waals surface area contributed by atoms with Crippen molar-refractivity contribution in [2.45, 2.75) is 6.42 Å². The van der Waals surface area contributed by atoms with E-state index in [1.165, 1.54) is 0 Å². The Morgan fingerprint density at radius 1 is 1.11 bits per heavy atom. The SMILES string of the molecule is CN=C(NCCCOc1ccccc1)NCCOC. The number of ether oxygens (including phenoxy) is 2. The molecule has 2 N–H and O–H groups in total. The molecule has 0 atom stereocenters. The third kappa shape index (κ3) is 7.31. The summed E-state index contributed by atoms with van der Waals surface area (Å²) in [6.45, 7) is 2.92. The molecular formula is C14H23N3O2. The lowest BCUT2D eigenvalue weighted by atomic mass is 10.3. The predicted molar refractivity (Wildman–Crippen MR) is 77.8 cm³/mol. The average molecular weight is 265 g/mol. The molecule has 0 unspecified atom stereocenters. The van der Waals surface area contributed by atoms with Gasteiger partial charge in [-0.2, -0.15) is 0 Å². The number of nitrogens with one attached hydrogen (secondary N) is 2. The van der Waals surface area contributed by atoms with E-state index in [-0.39, 0.29) is 0 Å². The van der Waals surface area contributed by atoms with Crippen molar-refractivity contribution in [3.05, 3.63) is 30.3 Å². The second-order valence-corrected chi connectivity index (χ2v) is 3.93. The van der Waals surface area contributed by atoms with Gasteiger partial charge in [-0.15, -0.1) is 0 Å². The molecule has 106 valence electrons. The van der Waals surface area contributed by atoms with Crippen molar-refractivity contribution in [2.75, 3.05) is 40.5 Å². The minimum atomic E-state index is 0.665. The van der Waals surface area contributed by atoms with Gasteiger partial charge in [0.15, 0.2) is 5.96 Å². The van der Waals surface area contributed by atoms with E-state index in [4.69, 9.17) is 9.47 Å². The highest BCUT2D eigenvalue weighted by Crippen LogP contribution is 2.07. The molecule has 1 rings (SSSR count). The predicted octanol–water partition coefficient (Wildman–Crippen LogP) is 1.27. The Morgan fingerprint density at radius 2 is 1.84 bits per heavy atom. The quantitative estimate of drug-likeness (QED) is 0.422. The first kappa shape index (κ1) is 15.3. The molecule has 0 saturated heterocycles. The topological polar surface area (TPSA) is 54.9 Å². The molecule has 0 aromatic heterocycles. The fourth-order valence-electron chi connectivity index (χ4n) is 1.48. The summed E-state index contributed by atoms with van der Waals surface area (Å²) in [5.41, 5.74) is 0. The molecule has 1 aromatic carbocycles. The molecule has 0 aliphatic carbocycles. The van der Waals surface area contributed by atoms with Crippen LogP contribution < -0.4 is 15.4 Å². The van der Waals surface area contributed by atoms with Crippen molar-refractivity contribution < 1.29 is 9.47 Å². The van der Waals surface area contributed by atoms with Crippen molar-refractivity contribution in [1.82, 2.24) is 10.6 Å². The van der Waals surface area contributed by atoms with Gasteiger partial charge in [0, 0.05) is 27.2 Å². The number of aliphatic imine (C=N–C) groups is 1. The molecule has 0 spiro atoms. The van der Waals surface area contributed by atoms with Crippen LogP contribution in [0.15, 0.2) is 35.3 Å². The molecule has 0 aliphatic heterocycles. The Bertz CT molecular complexity index is 355. The number of benzene rings is 1. The number of hydrogen-bond acceptors (Lipinski definition) is 3. The van der Waals surface area contributed by atoms with Gasteiger partial charge in [-0.1, -0.05) is 18.2 Å². The van der Waals surface area contributed by atoms with Crippen molar-refractivity contribution in [2.24, 2.45) is 4.99 Å². The van der Waals surface area contributed by atoms with Gasteiger partial charge in [0.1, 0.15) is 5.75 Å². The third-order valence-electron chi connectivity index (χ3n) is 2.45. The Kier molecular flexibility index (Phi) is 8.22. The Hall–Kier alpha value is -1.75. The van der Waals surface area contributed by atoms with E-state index >= 15 is 0 Å². The van der Waals surface area contributed by atoms with Crippen LogP contribution in [0, 0.1) is 0 Å². The van der Waals surface area contributed by atoms with Crippen LogP contribution in [0.5, 0.6) is 5.75 Å². The molecular weight excluding hydrogens is 242 g/mol. The van der Waals surface area contributed by atoms with E-state index in [1.54, 1.807) is 14.2 Å². The molecule has 0 aliphatic rings. The second-order valence-electron chi connectivity index (χ2n) is 3.93. The van der Waals surface area contributed by atoms with Gasteiger partial charge >= 0.3 is 0 Å². The maximum Gasteiger partial charge on any atom is 0.191 e. The second kappa shape index (κ2) is 10.2. The van der Waals surface area contributed by atoms with Gasteiger partial charge in [-0.3, -0.25) is 4.99 Å².